The molecule has 1 aromatic heterocycles. The lowest BCUT2D eigenvalue weighted by molar-refractivity contribution is -0.0895. The zero-order chi connectivity index (χ0) is 20.4. The minimum atomic E-state index is -0.246. The van der Waals surface area contributed by atoms with Gasteiger partial charge in [0.2, 0.25) is 0 Å². The number of hydrogen-bond donors (Lipinski definition) is 2. The molecule has 0 bridgehead atoms. The highest BCUT2D eigenvalue weighted by atomic mass is 32.1. The van der Waals surface area contributed by atoms with Crippen LogP contribution in [0.25, 0.3) is 10.2 Å². The number of amides is 2. The van der Waals surface area contributed by atoms with Crippen LogP contribution < -0.4 is 10.1 Å². The maximum absolute atomic E-state index is 12.8. The van der Waals surface area contributed by atoms with E-state index in [2.05, 4.69) is 10.3 Å². The zero-order valence-electron chi connectivity index (χ0n) is 16.7. The number of benzene rings is 1. The van der Waals surface area contributed by atoms with Gasteiger partial charge in [0, 0.05) is 18.7 Å². The SMILES string of the molecule is COc1ccc(C2COCCO2)c2sc(NC(=O)N(C)[C@H]3CC[C@@H](O)CC3)nc12. The summed E-state index contributed by atoms with van der Waals surface area (Å²) in [6, 6.07) is 3.79. The second-order valence-electron chi connectivity index (χ2n) is 7.49. The van der Waals surface area contributed by atoms with E-state index in [1.165, 1.54) is 11.3 Å². The van der Waals surface area contributed by atoms with Crippen LogP contribution in [0, 0.1) is 0 Å². The average Bonchev–Trinajstić information content (AvgIpc) is 3.17. The van der Waals surface area contributed by atoms with E-state index in [1.54, 1.807) is 19.1 Å². The van der Waals surface area contributed by atoms with Crippen LogP contribution in [0.4, 0.5) is 9.93 Å². The summed E-state index contributed by atoms with van der Waals surface area (Å²) in [4.78, 5) is 19.1. The third kappa shape index (κ3) is 4.32. The third-order valence-corrected chi connectivity index (χ3v) is 6.69. The summed E-state index contributed by atoms with van der Waals surface area (Å²) in [5.74, 6) is 0.659. The van der Waals surface area contributed by atoms with E-state index in [0.717, 1.165) is 35.9 Å². The average molecular weight is 422 g/mol. The molecule has 8 nitrogen and oxygen atoms in total. The van der Waals surface area contributed by atoms with Gasteiger partial charge >= 0.3 is 6.03 Å². The number of hydrogen-bond acceptors (Lipinski definition) is 7. The molecule has 29 heavy (non-hydrogen) atoms. The fraction of sp³-hybridized carbons (Fsp3) is 0.600. The Morgan fingerprint density at radius 2 is 2.10 bits per heavy atom. The van der Waals surface area contributed by atoms with Gasteiger partial charge in [0.05, 0.1) is 37.7 Å². The van der Waals surface area contributed by atoms with E-state index in [-0.39, 0.29) is 24.3 Å². The molecule has 1 saturated heterocycles. The standard InChI is InChI=1S/C20H27N3O5S/c1-23(12-3-5-13(24)6-4-12)20(25)22-19-21-17-15(26-2)8-7-14(18(17)29-19)16-11-27-9-10-28-16/h7-8,12-13,16,24H,3-6,9-11H2,1-2H3,(H,21,22,25)/t12-,13+,16?. The van der Waals surface area contributed by atoms with Crippen molar-refractivity contribution in [2.45, 2.75) is 43.9 Å². The second kappa shape index (κ2) is 8.83. The fourth-order valence-electron chi connectivity index (χ4n) is 3.93. The van der Waals surface area contributed by atoms with Gasteiger partial charge in [-0.1, -0.05) is 17.4 Å². The van der Waals surface area contributed by atoms with E-state index in [9.17, 15) is 9.90 Å². The topological polar surface area (TPSA) is 93.2 Å². The molecule has 2 amide bonds. The molecule has 1 aromatic carbocycles. The van der Waals surface area contributed by atoms with Gasteiger partial charge in [-0.15, -0.1) is 0 Å². The van der Waals surface area contributed by atoms with Crippen LogP contribution in [0.2, 0.25) is 0 Å². The number of anilines is 1. The number of rotatable bonds is 4. The van der Waals surface area contributed by atoms with E-state index >= 15 is 0 Å². The van der Waals surface area contributed by atoms with E-state index in [1.807, 2.05) is 12.1 Å². The Bertz CT molecular complexity index is 859. The van der Waals surface area contributed by atoms with Gasteiger partial charge < -0.3 is 24.2 Å². The molecular weight excluding hydrogens is 394 g/mol. The smallest absolute Gasteiger partial charge is 0.323 e. The number of nitrogens with zero attached hydrogens (tertiary/aromatic N) is 2. The summed E-state index contributed by atoms with van der Waals surface area (Å²) in [5, 5.41) is 13.1. The number of carbonyl (C=O) groups is 1. The van der Waals surface area contributed by atoms with E-state index < -0.39 is 0 Å². The van der Waals surface area contributed by atoms with Crippen LogP contribution in [0.1, 0.15) is 37.4 Å². The van der Waals surface area contributed by atoms with E-state index in [0.29, 0.717) is 36.2 Å². The molecule has 0 radical (unpaired) electrons. The van der Waals surface area contributed by atoms with Crippen LogP contribution in [-0.4, -0.2) is 67.1 Å². The first-order valence-electron chi connectivity index (χ1n) is 9.95. The Morgan fingerprint density at radius 3 is 2.79 bits per heavy atom. The molecule has 1 unspecified atom stereocenters. The van der Waals surface area contributed by atoms with Gasteiger partial charge in [0.25, 0.3) is 0 Å². The number of methoxy groups -OCH3 is 1. The van der Waals surface area contributed by atoms with Crippen molar-refractivity contribution in [2.75, 3.05) is 39.3 Å². The lowest BCUT2D eigenvalue weighted by Crippen LogP contribution is -2.42. The Balaban J connectivity index is 1.55. The molecule has 158 valence electrons. The highest BCUT2D eigenvalue weighted by Gasteiger charge is 2.27. The Morgan fingerprint density at radius 1 is 1.31 bits per heavy atom. The maximum atomic E-state index is 12.8. The maximum Gasteiger partial charge on any atom is 0.323 e. The quantitative estimate of drug-likeness (QED) is 0.788. The first-order chi connectivity index (χ1) is 14.1. The second-order valence-corrected chi connectivity index (χ2v) is 8.49. The molecule has 2 fully saturated rings. The molecule has 2 aromatic rings. The van der Waals surface area contributed by atoms with Crippen molar-refractivity contribution in [3.8, 4) is 5.75 Å². The summed E-state index contributed by atoms with van der Waals surface area (Å²) in [5.41, 5.74) is 1.70. The molecule has 2 heterocycles. The number of fused-ring (bicyclic) bond motifs is 1. The predicted octanol–water partition coefficient (Wildman–Crippen LogP) is 3.16. The van der Waals surface area contributed by atoms with Gasteiger partial charge in [0.15, 0.2) is 5.13 Å². The summed E-state index contributed by atoms with van der Waals surface area (Å²) in [6.07, 6.45) is 2.67. The number of aliphatic hydroxyl groups is 1. The number of nitrogens with one attached hydrogen (secondary N) is 1. The van der Waals surface area contributed by atoms with Crippen molar-refractivity contribution in [3.05, 3.63) is 17.7 Å². The van der Waals surface area contributed by atoms with Crippen molar-refractivity contribution in [3.63, 3.8) is 0 Å². The Labute approximate surface area is 173 Å². The first kappa shape index (κ1) is 20.3. The van der Waals surface area contributed by atoms with Crippen molar-refractivity contribution in [2.24, 2.45) is 0 Å². The van der Waals surface area contributed by atoms with Crippen molar-refractivity contribution < 1.29 is 24.1 Å². The molecule has 9 heteroatoms. The summed E-state index contributed by atoms with van der Waals surface area (Å²) in [7, 11) is 3.40. The van der Waals surface area contributed by atoms with E-state index in [4.69, 9.17) is 14.2 Å². The van der Waals surface area contributed by atoms with Crippen molar-refractivity contribution in [1.29, 1.82) is 0 Å². The Kier molecular flexibility index (Phi) is 6.19. The molecule has 1 aliphatic heterocycles. The normalized spacial score (nSPS) is 25.0. The summed E-state index contributed by atoms with van der Waals surface area (Å²) < 4.78 is 17.8. The first-order valence-corrected chi connectivity index (χ1v) is 10.8. The monoisotopic (exact) mass is 421 g/mol. The summed E-state index contributed by atoms with van der Waals surface area (Å²) >= 11 is 1.41. The third-order valence-electron chi connectivity index (χ3n) is 5.67. The zero-order valence-corrected chi connectivity index (χ0v) is 17.5. The van der Waals surface area contributed by atoms with Crippen molar-refractivity contribution >= 4 is 32.7 Å². The molecule has 1 atom stereocenters. The van der Waals surface area contributed by atoms with Gasteiger partial charge in [-0.05, 0) is 31.7 Å². The highest BCUT2D eigenvalue weighted by Crippen LogP contribution is 2.39. The van der Waals surface area contributed by atoms with Gasteiger partial charge in [0.1, 0.15) is 17.4 Å². The molecule has 4 rings (SSSR count). The molecule has 1 aliphatic carbocycles. The van der Waals surface area contributed by atoms with Crippen LogP contribution in [0.3, 0.4) is 0 Å². The minimum Gasteiger partial charge on any atom is -0.494 e. The fourth-order valence-corrected chi connectivity index (χ4v) is 4.96. The number of aromatic nitrogens is 1. The van der Waals surface area contributed by atoms with Gasteiger partial charge in [-0.2, -0.15) is 0 Å². The predicted molar refractivity (Wildman–Crippen MR) is 111 cm³/mol. The van der Waals surface area contributed by atoms with Gasteiger partial charge in [-0.25, -0.2) is 9.78 Å². The molecule has 1 saturated carbocycles. The molecule has 2 N–H and O–H groups in total. The number of ether oxygens (including phenoxy) is 3. The van der Waals surface area contributed by atoms with Crippen LogP contribution in [0.15, 0.2) is 12.1 Å². The van der Waals surface area contributed by atoms with Crippen LogP contribution >= 0.6 is 11.3 Å². The number of aliphatic hydroxyl groups excluding tert-OH is 1. The summed E-state index contributed by atoms with van der Waals surface area (Å²) in [6.45, 7) is 1.66. The van der Waals surface area contributed by atoms with Gasteiger partial charge in [-0.3, -0.25) is 5.32 Å². The number of thiazole rings is 1. The number of carbonyl (C=O) groups excluding carboxylic acids is 1. The molecule has 2 aliphatic rings. The highest BCUT2D eigenvalue weighted by molar-refractivity contribution is 7.22. The molecular formula is C20H27N3O5S. The van der Waals surface area contributed by atoms with Crippen molar-refractivity contribution in [1.82, 2.24) is 9.88 Å². The number of urea groups is 1. The minimum absolute atomic E-state index is 0.130. The molecule has 0 spiro atoms. The largest absolute Gasteiger partial charge is 0.494 e. The lowest BCUT2D eigenvalue weighted by Gasteiger charge is -2.32. The lowest BCUT2D eigenvalue weighted by atomic mass is 9.92. The Hall–Kier alpha value is -1.94. The van der Waals surface area contributed by atoms with Crippen LogP contribution in [0.5, 0.6) is 5.75 Å². The van der Waals surface area contributed by atoms with Crippen LogP contribution in [-0.2, 0) is 9.47 Å².